The maximum atomic E-state index is 10.9. The molecule has 0 atom stereocenters. The number of benzene rings is 1. The third-order valence-electron chi connectivity index (χ3n) is 2.63. The zero-order valence-corrected chi connectivity index (χ0v) is 9.80. The van der Waals surface area contributed by atoms with Crippen LogP contribution in [0.2, 0.25) is 0 Å². The van der Waals surface area contributed by atoms with Gasteiger partial charge in [-0.1, -0.05) is 0 Å². The first-order valence-corrected chi connectivity index (χ1v) is 5.13. The average Bonchev–Trinajstić information content (AvgIpc) is 2.30. The van der Waals surface area contributed by atoms with Gasteiger partial charge < -0.3 is 16.0 Å². The Bertz CT molecular complexity index is 347. The van der Waals surface area contributed by atoms with E-state index in [1.807, 2.05) is 12.1 Å². The molecule has 0 radical (unpaired) electrons. The Kier molecular flexibility index (Phi) is 4.58. The second-order valence-corrected chi connectivity index (χ2v) is 3.65. The van der Waals surface area contributed by atoms with Crippen molar-refractivity contribution in [3.05, 3.63) is 29.8 Å². The minimum atomic E-state index is -0.373. The number of nitrogens with one attached hydrogen (secondary N) is 1. The Morgan fingerprint density at radius 1 is 1.19 bits per heavy atom. The minimum Gasteiger partial charge on any atom is -0.369 e. The summed E-state index contributed by atoms with van der Waals surface area (Å²) in [7, 11) is 0. The first kappa shape index (κ1) is 12.8. The molecule has 1 aromatic carbocycles. The van der Waals surface area contributed by atoms with E-state index in [0.29, 0.717) is 5.56 Å². The van der Waals surface area contributed by atoms with Crippen molar-refractivity contribution < 1.29 is 4.79 Å². The fraction of sp³-hybridized carbons (Fsp3) is 0.364. The number of nitrogens with two attached hydrogens (primary N) is 1. The largest absolute Gasteiger partial charge is 0.369 e. The van der Waals surface area contributed by atoms with Crippen LogP contribution in [0.25, 0.3) is 0 Å². The van der Waals surface area contributed by atoms with Crippen LogP contribution in [0.4, 0.5) is 5.69 Å². The Morgan fingerprint density at radius 3 is 2.25 bits per heavy atom. The molecule has 5 heteroatoms. The van der Waals surface area contributed by atoms with Crippen molar-refractivity contribution in [2.24, 2.45) is 5.73 Å². The molecule has 0 unspecified atom stereocenters. The summed E-state index contributed by atoms with van der Waals surface area (Å²) in [4.78, 5) is 13.2. The average molecular weight is 242 g/mol. The van der Waals surface area contributed by atoms with E-state index in [-0.39, 0.29) is 18.3 Å². The van der Waals surface area contributed by atoms with Gasteiger partial charge in [0.15, 0.2) is 0 Å². The van der Waals surface area contributed by atoms with Gasteiger partial charge in [0, 0.05) is 37.4 Å². The van der Waals surface area contributed by atoms with E-state index in [2.05, 4.69) is 10.2 Å². The van der Waals surface area contributed by atoms with Gasteiger partial charge in [0.05, 0.1) is 0 Å². The van der Waals surface area contributed by atoms with Crippen LogP contribution in [-0.4, -0.2) is 32.1 Å². The molecule has 3 N–H and O–H groups in total. The maximum Gasteiger partial charge on any atom is 0.248 e. The molecule has 1 heterocycles. The number of carbonyl (C=O) groups excluding carboxylic acids is 1. The quantitative estimate of drug-likeness (QED) is 0.798. The number of piperazine rings is 1. The van der Waals surface area contributed by atoms with Crippen molar-refractivity contribution in [3.8, 4) is 0 Å². The standard InChI is InChI=1S/C11H15N3O.ClH/c12-11(15)9-1-3-10(4-2-9)14-7-5-13-6-8-14;/h1-4,13H,5-8H2,(H2,12,15);1H. The molecule has 1 amide bonds. The second-order valence-electron chi connectivity index (χ2n) is 3.65. The van der Waals surface area contributed by atoms with Gasteiger partial charge in [-0.05, 0) is 24.3 Å². The van der Waals surface area contributed by atoms with Gasteiger partial charge in [-0.3, -0.25) is 4.79 Å². The van der Waals surface area contributed by atoms with Crippen LogP contribution >= 0.6 is 12.4 Å². The first-order valence-electron chi connectivity index (χ1n) is 5.13. The lowest BCUT2D eigenvalue weighted by Gasteiger charge is -2.29. The topological polar surface area (TPSA) is 58.4 Å². The van der Waals surface area contributed by atoms with Crippen LogP contribution in [0.5, 0.6) is 0 Å². The van der Waals surface area contributed by atoms with E-state index in [0.717, 1.165) is 31.9 Å². The lowest BCUT2D eigenvalue weighted by molar-refractivity contribution is 0.100. The summed E-state index contributed by atoms with van der Waals surface area (Å²) >= 11 is 0. The summed E-state index contributed by atoms with van der Waals surface area (Å²) in [6, 6.07) is 7.45. The Morgan fingerprint density at radius 2 is 1.75 bits per heavy atom. The third-order valence-corrected chi connectivity index (χ3v) is 2.63. The normalized spacial score (nSPS) is 15.4. The number of rotatable bonds is 2. The smallest absolute Gasteiger partial charge is 0.248 e. The van der Waals surface area contributed by atoms with Crippen LogP contribution < -0.4 is 16.0 Å². The predicted molar refractivity (Wildman–Crippen MR) is 67.3 cm³/mol. The Labute approximate surface area is 101 Å². The molecular formula is C11H16ClN3O. The summed E-state index contributed by atoms with van der Waals surface area (Å²) in [6.07, 6.45) is 0. The van der Waals surface area contributed by atoms with Crippen molar-refractivity contribution in [2.45, 2.75) is 0 Å². The van der Waals surface area contributed by atoms with Gasteiger partial charge >= 0.3 is 0 Å². The van der Waals surface area contributed by atoms with Crippen LogP contribution in [0, 0.1) is 0 Å². The molecule has 4 nitrogen and oxygen atoms in total. The Hall–Kier alpha value is -1.26. The molecule has 1 aliphatic rings. The number of nitrogens with zero attached hydrogens (tertiary/aromatic N) is 1. The molecule has 16 heavy (non-hydrogen) atoms. The molecule has 1 aliphatic heterocycles. The molecule has 0 spiro atoms. The van der Waals surface area contributed by atoms with Gasteiger partial charge in [0.1, 0.15) is 0 Å². The van der Waals surface area contributed by atoms with Crippen LogP contribution in [0.15, 0.2) is 24.3 Å². The van der Waals surface area contributed by atoms with Gasteiger partial charge in [0.2, 0.25) is 5.91 Å². The maximum absolute atomic E-state index is 10.9. The predicted octanol–water partition coefficient (Wildman–Crippen LogP) is 0.617. The van der Waals surface area contributed by atoms with Crippen molar-refractivity contribution in [2.75, 3.05) is 31.1 Å². The van der Waals surface area contributed by atoms with Crippen molar-refractivity contribution >= 4 is 24.0 Å². The summed E-state index contributed by atoms with van der Waals surface area (Å²) in [5.41, 5.74) is 6.90. The van der Waals surface area contributed by atoms with Crippen molar-refractivity contribution in [1.82, 2.24) is 5.32 Å². The first-order chi connectivity index (χ1) is 7.27. The summed E-state index contributed by atoms with van der Waals surface area (Å²) < 4.78 is 0. The number of hydrogen-bond donors (Lipinski definition) is 2. The highest BCUT2D eigenvalue weighted by molar-refractivity contribution is 5.93. The second kappa shape index (κ2) is 5.72. The van der Waals surface area contributed by atoms with E-state index in [9.17, 15) is 4.79 Å². The molecule has 1 fully saturated rings. The minimum absolute atomic E-state index is 0. The number of primary amides is 1. The van der Waals surface area contributed by atoms with Gasteiger partial charge in [-0.2, -0.15) is 0 Å². The highest BCUT2D eigenvalue weighted by Gasteiger charge is 2.10. The number of hydrogen-bond acceptors (Lipinski definition) is 3. The van der Waals surface area contributed by atoms with Crippen molar-refractivity contribution in [1.29, 1.82) is 0 Å². The van der Waals surface area contributed by atoms with E-state index < -0.39 is 0 Å². The molecule has 0 saturated carbocycles. The van der Waals surface area contributed by atoms with E-state index in [1.165, 1.54) is 0 Å². The molecule has 0 aliphatic carbocycles. The van der Waals surface area contributed by atoms with E-state index in [1.54, 1.807) is 12.1 Å². The fourth-order valence-corrected chi connectivity index (χ4v) is 1.76. The number of amides is 1. The van der Waals surface area contributed by atoms with E-state index >= 15 is 0 Å². The highest BCUT2D eigenvalue weighted by atomic mass is 35.5. The Balaban J connectivity index is 0.00000128. The molecule has 2 rings (SSSR count). The van der Waals surface area contributed by atoms with Gasteiger partial charge in [-0.15, -0.1) is 12.4 Å². The molecule has 0 bridgehead atoms. The van der Waals surface area contributed by atoms with Crippen LogP contribution in [0.1, 0.15) is 10.4 Å². The monoisotopic (exact) mass is 241 g/mol. The zero-order chi connectivity index (χ0) is 10.7. The summed E-state index contributed by atoms with van der Waals surface area (Å²) in [5.74, 6) is -0.373. The lowest BCUT2D eigenvalue weighted by atomic mass is 10.2. The summed E-state index contributed by atoms with van der Waals surface area (Å²) in [5, 5.41) is 3.30. The zero-order valence-electron chi connectivity index (χ0n) is 8.98. The van der Waals surface area contributed by atoms with Gasteiger partial charge in [-0.25, -0.2) is 0 Å². The van der Waals surface area contributed by atoms with Crippen LogP contribution in [0.3, 0.4) is 0 Å². The van der Waals surface area contributed by atoms with Crippen LogP contribution in [-0.2, 0) is 0 Å². The molecule has 1 saturated heterocycles. The number of anilines is 1. The number of carbonyl (C=O) groups is 1. The van der Waals surface area contributed by atoms with Gasteiger partial charge in [0.25, 0.3) is 0 Å². The van der Waals surface area contributed by atoms with Crippen molar-refractivity contribution in [3.63, 3.8) is 0 Å². The SMILES string of the molecule is Cl.NC(=O)c1ccc(N2CCNCC2)cc1. The molecule has 0 aromatic heterocycles. The third kappa shape index (κ3) is 2.87. The highest BCUT2D eigenvalue weighted by Crippen LogP contribution is 2.15. The lowest BCUT2D eigenvalue weighted by Crippen LogP contribution is -2.43. The molecule has 88 valence electrons. The van der Waals surface area contributed by atoms with E-state index in [4.69, 9.17) is 5.73 Å². The molecular weight excluding hydrogens is 226 g/mol. The fourth-order valence-electron chi connectivity index (χ4n) is 1.76. The number of halogens is 1. The summed E-state index contributed by atoms with van der Waals surface area (Å²) in [6.45, 7) is 4.04. The molecule has 1 aromatic rings.